The van der Waals surface area contributed by atoms with E-state index in [2.05, 4.69) is 11.8 Å². The summed E-state index contributed by atoms with van der Waals surface area (Å²) in [4.78, 5) is 34.6. The highest BCUT2D eigenvalue weighted by Gasteiger charge is 2.26. The molecule has 0 saturated carbocycles. The van der Waals surface area contributed by atoms with Crippen molar-refractivity contribution in [3.8, 4) is 0 Å². The summed E-state index contributed by atoms with van der Waals surface area (Å²) >= 11 is 1.47. The monoisotopic (exact) mass is 428 g/mol. The molecule has 1 unspecified atom stereocenters. The number of fused-ring (bicyclic) bond motifs is 1. The number of hydrogen-bond donors (Lipinski definition) is 0. The van der Waals surface area contributed by atoms with E-state index in [1.165, 1.54) is 24.6 Å². The van der Waals surface area contributed by atoms with Crippen molar-refractivity contribution in [1.29, 1.82) is 0 Å². The van der Waals surface area contributed by atoms with Gasteiger partial charge in [0.15, 0.2) is 5.16 Å². The summed E-state index contributed by atoms with van der Waals surface area (Å²) in [6, 6.07) is 8.29. The summed E-state index contributed by atoms with van der Waals surface area (Å²) in [6.07, 6.45) is 7.80. The van der Waals surface area contributed by atoms with Gasteiger partial charge in [-0.05, 0) is 57.1 Å². The number of benzene rings is 1. The van der Waals surface area contributed by atoms with E-state index in [0.29, 0.717) is 18.3 Å². The number of likely N-dealkylation sites (tertiary alicyclic amines) is 2. The van der Waals surface area contributed by atoms with Crippen LogP contribution in [0.5, 0.6) is 0 Å². The SMILES string of the molecule is CCC1CCCCN1C(=O)CSc1nc2ccccc2n1CC(=O)N1CCCCC1. The van der Waals surface area contributed by atoms with Crippen molar-refractivity contribution >= 4 is 34.6 Å². The quantitative estimate of drug-likeness (QED) is 0.654. The number of carbonyl (C=O) groups excluding carboxylic acids is 2. The van der Waals surface area contributed by atoms with Gasteiger partial charge < -0.3 is 14.4 Å². The fourth-order valence-corrected chi connectivity index (χ4v) is 5.56. The van der Waals surface area contributed by atoms with Crippen LogP contribution in [0.1, 0.15) is 51.9 Å². The molecule has 2 saturated heterocycles. The zero-order valence-corrected chi connectivity index (χ0v) is 18.7. The van der Waals surface area contributed by atoms with Gasteiger partial charge in [0, 0.05) is 25.7 Å². The number of imidazole rings is 1. The zero-order valence-electron chi connectivity index (χ0n) is 17.9. The lowest BCUT2D eigenvalue weighted by Gasteiger charge is -2.35. The van der Waals surface area contributed by atoms with Crippen molar-refractivity contribution in [2.45, 2.75) is 69.6 Å². The second kappa shape index (κ2) is 9.86. The Labute approximate surface area is 183 Å². The molecule has 0 spiro atoms. The molecule has 30 heavy (non-hydrogen) atoms. The molecule has 0 bridgehead atoms. The van der Waals surface area contributed by atoms with Crippen molar-refractivity contribution in [3.63, 3.8) is 0 Å². The summed E-state index contributed by atoms with van der Waals surface area (Å²) in [6.45, 7) is 5.01. The van der Waals surface area contributed by atoms with E-state index < -0.39 is 0 Å². The molecule has 2 fully saturated rings. The predicted octanol–water partition coefficient (Wildman–Crippen LogP) is 3.93. The van der Waals surface area contributed by atoms with Crippen LogP contribution in [0.15, 0.2) is 29.4 Å². The molecule has 7 heteroatoms. The topological polar surface area (TPSA) is 58.4 Å². The third-order valence-corrected chi connectivity index (χ3v) is 7.33. The van der Waals surface area contributed by atoms with Gasteiger partial charge in [-0.2, -0.15) is 0 Å². The normalized spacial score (nSPS) is 20.0. The molecule has 3 heterocycles. The minimum atomic E-state index is 0.146. The van der Waals surface area contributed by atoms with Crippen molar-refractivity contribution in [2.75, 3.05) is 25.4 Å². The van der Waals surface area contributed by atoms with Crippen LogP contribution in [0.4, 0.5) is 0 Å². The highest BCUT2D eigenvalue weighted by atomic mass is 32.2. The molecule has 1 aromatic heterocycles. The predicted molar refractivity (Wildman–Crippen MR) is 121 cm³/mol. The van der Waals surface area contributed by atoms with Gasteiger partial charge in [-0.3, -0.25) is 9.59 Å². The lowest BCUT2D eigenvalue weighted by molar-refractivity contribution is -0.133. The molecular formula is C23H32N4O2S. The molecule has 0 aliphatic carbocycles. The third kappa shape index (κ3) is 4.66. The highest BCUT2D eigenvalue weighted by Crippen LogP contribution is 2.26. The number of para-hydroxylation sites is 2. The molecule has 0 radical (unpaired) electrons. The van der Waals surface area contributed by atoms with Crippen molar-refractivity contribution in [3.05, 3.63) is 24.3 Å². The molecule has 6 nitrogen and oxygen atoms in total. The third-order valence-electron chi connectivity index (χ3n) is 6.37. The molecule has 2 aliphatic rings. The van der Waals surface area contributed by atoms with Gasteiger partial charge in [0.1, 0.15) is 6.54 Å². The summed E-state index contributed by atoms with van der Waals surface area (Å²) in [7, 11) is 0. The fraction of sp³-hybridized carbons (Fsp3) is 0.609. The van der Waals surface area contributed by atoms with Gasteiger partial charge in [-0.15, -0.1) is 0 Å². The van der Waals surface area contributed by atoms with E-state index in [9.17, 15) is 9.59 Å². The smallest absolute Gasteiger partial charge is 0.242 e. The molecule has 1 atom stereocenters. The molecular weight excluding hydrogens is 396 g/mol. The Kier molecular flexibility index (Phi) is 6.97. The van der Waals surface area contributed by atoms with Crippen LogP contribution in [0.3, 0.4) is 0 Å². The maximum atomic E-state index is 12.9. The van der Waals surface area contributed by atoms with Crippen LogP contribution < -0.4 is 0 Å². The van der Waals surface area contributed by atoms with Gasteiger partial charge in [0.2, 0.25) is 11.8 Å². The summed E-state index contributed by atoms with van der Waals surface area (Å²) in [5, 5.41) is 0.764. The van der Waals surface area contributed by atoms with E-state index >= 15 is 0 Å². The second-order valence-electron chi connectivity index (χ2n) is 8.34. The first-order chi connectivity index (χ1) is 14.7. The zero-order chi connectivity index (χ0) is 20.9. The molecule has 162 valence electrons. The van der Waals surface area contributed by atoms with E-state index in [1.807, 2.05) is 33.7 Å². The molecule has 4 rings (SSSR count). The number of amides is 2. The first-order valence-corrected chi connectivity index (χ1v) is 12.3. The number of rotatable bonds is 6. The standard InChI is InChI=1S/C23H32N4O2S/c1-2-18-10-6-9-15-26(18)22(29)17-30-23-24-19-11-4-5-12-20(19)27(23)16-21(28)25-13-7-3-8-14-25/h4-5,11-12,18H,2-3,6-10,13-17H2,1H3. The first-order valence-electron chi connectivity index (χ1n) is 11.3. The molecule has 2 amide bonds. The van der Waals surface area contributed by atoms with Crippen LogP contribution in [0.2, 0.25) is 0 Å². The van der Waals surface area contributed by atoms with E-state index in [4.69, 9.17) is 4.98 Å². The number of aromatic nitrogens is 2. The molecule has 1 aromatic carbocycles. The second-order valence-corrected chi connectivity index (χ2v) is 9.29. The van der Waals surface area contributed by atoms with E-state index in [1.54, 1.807) is 0 Å². The Hall–Kier alpha value is -2.02. The van der Waals surface area contributed by atoms with Crippen LogP contribution in [0.25, 0.3) is 11.0 Å². The van der Waals surface area contributed by atoms with Gasteiger partial charge in [-0.1, -0.05) is 30.8 Å². The number of piperidine rings is 2. The van der Waals surface area contributed by atoms with Crippen molar-refractivity contribution in [1.82, 2.24) is 19.4 Å². The Morgan fingerprint density at radius 2 is 1.80 bits per heavy atom. The largest absolute Gasteiger partial charge is 0.341 e. The molecule has 2 aliphatic heterocycles. The van der Waals surface area contributed by atoms with Crippen LogP contribution >= 0.6 is 11.8 Å². The van der Waals surface area contributed by atoms with Crippen LogP contribution in [0, 0.1) is 0 Å². The Balaban J connectivity index is 1.49. The average molecular weight is 429 g/mol. The fourth-order valence-electron chi connectivity index (χ4n) is 4.66. The molecule has 0 N–H and O–H groups in total. The Morgan fingerprint density at radius 3 is 2.60 bits per heavy atom. The Bertz CT molecular complexity index is 890. The van der Waals surface area contributed by atoms with Gasteiger partial charge in [0.25, 0.3) is 0 Å². The number of carbonyl (C=O) groups is 2. The number of thioether (sulfide) groups is 1. The van der Waals surface area contributed by atoms with E-state index in [-0.39, 0.29) is 11.8 Å². The summed E-state index contributed by atoms with van der Waals surface area (Å²) < 4.78 is 2.00. The van der Waals surface area contributed by atoms with Gasteiger partial charge in [-0.25, -0.2) is 4.98 Å². The number of nitrogens with zero attached hydrogens (tertiary/aromatic N) is 4. The maximum absolute atomic E-state index is 12.9. The van der Waals surface area contributed by atoms with Crippen molar-refractivity contribution < 1.29 is 9.59 Å². The highest BCUT2D eigenvalue weighted by molar-refractivity contribution is 7.99. The van der Waals surface area contributed by atoms with Crippen LogP contribution in [-0.4, -0.2) is 62.6 Å². The molecule has 2 aromatic rings. The summed E-state index contributed by atoms with van der Waals surface area (Å²) in [5.41, 5.74) is 1.84. The lowest BCUT2D eigenvalue weighted by atomic mass is 10.0. The maximum Gasteiger partial charge on any atom is 0.242 e. The minimum absolute atomic E-state index is 0.146. The minimum Gasteiger partial charge on any atom is -0.341 e. The van der Waals surface area contributed by atoms with Gasteiger partial charge in [0.05, 0.1) is 16.8 Å². The van der Waals surface area contributed by atoms with Gasteiger partial charge >= 0.3 is 0 Å². The lowest BCUT2D eigenvalue weighted by Crippen LogP contribution is -2.44. The Morgan fingerprint density at radius 1 is 1.03 bits per heavy atom. The van der Waals surface area contributed by atoms with Crippen LogP contribution in [-0.2, 0) is 16.1 Å². The number of hydrogen-bond acceptors (Lipinski definition) is 4. The average Bonchev–Trinajstić information content (AvgIpc) is 3.15. The van der Waals surface area contributed by atoms with Crippen molar-refractivity contribution in [2.24, 2.45) is 0 Å². The first kappa shape index (κ1) is 21.2. The summed E-state index contributed by atoms with van der Waals surface area (Å²) in [5.74, 6) is 0.707. The van der Waals surface area contributed by atoms with E-state index in [0.717, 1.165) is 67.9 Å².